The Morgan fingerprint density at radius 1 is 1.16 bits per heavy atom. The predicted molar refractivity (Wildman–Crippen MR) is 76.0 cm³/mol. The van der Waals surface area contributed by atoms with Crippen LogP contribution < -0.4 is 5.73 Å². The highest BCUT2D eigenvalue weighted by atomic mass is 79.9. The van der Waals surface area contributed by atoms with Gasteiger partial charge in [0.2, 0.25) is 0 Å². The lowest BCUT2D eigenvalue weighted by Gasteiger charge is -2.06. The molecular weight excluding hydrogens is 306 g/mol. The summed E-state index contributed by atoms with van der Waals surface area (Å²) >= 11 is 3.41. The van der Waals surface area contributed by atoms with Gasteiger partial charge >= 0.3 is 0 Å². The molecule has 3 rings (SSSR count). The minimum Gasteiger partial charge on any atom is -0.466 e. The molecule has 4 nitrogen and oxygen atoms in total. The van der Waals surface area contributed by atoms with Gasteiger partial charge in [-0.3, -0.25) is 0 Å². The van der Waals surface area contributed by atoms with Gasteiger partial charge in [-0.05, 0) is 40.2 Å². The fourth-order valence-corrected chi connectivity index (χ4v) is 2.34. The van der Waals surface area contributed by atoms with Crippen LogP contribution in [0.15, 0.2) is 63.8 Å². The molecule has 19 heavy (non-hydrogen) atoms. The van der Waals surface area contributed by atoms with E-state index in [4.69, 9.17) is 10.2 Å². The summed E-state index contributed by atoms with van der Waals surface area (Å²) < 4.78 is 8.03. The van der Waals surface area contributed by atoms with Crippen LogP contribution in [0.4, 0.5) is 0 Å². The summed E-state index contributed by atoms with van der Waals surface area (Å²) in [6.07, 6.45) is 3.49. The molecule has 1 atom stereocenters. The number of halogens is 1. The van der Waals surface area contributed by atoms with Crippen LogP contribution in [-0.4, -0.2) is 9.78 Å². The molecule has 0 aliphatic heterocycles. The third kappa shape index (κ3) is 2.34. The van der Waals surface area contributed by atoms with E-state index < -0.39 is 0 Å². The average Bonchev–Trinajstić information content (AvgIpc) is 3.08. The number of aromatic nitrogens is 2. The van der Waals surface area contributed by atoms with Crippen molar-refractivity contribution in [1.29, 1.82) is 0 Å². The molecule has 0 saturated carbocycles. The normalized spacial score (nSPS) is 12.5. The lowest BCUT2D eigenvalue weighted by atomic mass is 10.2. The predicted octanol–water partition coefficient (Wildman–Crippen LogP) is 3.28. The molecule has 1 unspecified atom stereocenters. The highest BCUT2D eigenvalue weighted by Gasteiger charge is 2.18. The molecule has 3 aromatic rings. The van der Waals surface area contributed by atoms with Crippen LogP contribution in [0.5, 0.6) is 0 Å². The second kappa shape index (κ2) is 5.03. The molecule has 0 radical (unpaired) electrons. The van der Waals surface area contributed by atoms with Crippen molar-refractivity contribution in [1.82, 2.24) is 9.78 Å². The number of rotatable bonds is 3. The molecule has 5 heteroatoms. The summed E-state index contributed by atoms with van der Waals surface area (Å²) in [6.45, 7) is 0. The monoisotopic (exact) mass is 317 g/mol. The molecular formula is C14H12BrN3O. The molecule has 0 aliphatic carbocycles. The van der Waals surface area contributed by atoms with Crippen LogP contribution in [0.3, 0.4) is 0 Å². The van der Waals surface area contributed by atoms with Crippen LogP contribution in [0, 0.1) is 0 Å². The first-order chi connectivity index (χ1) is 9.25. The first kappa shape index (κ1) is 12.2. The third-order valence-electron chi connectivity index (χ3n) is 2.88. The summed E-state index contributed by atoms with van der Waals surface area (Å²) in [5, 5.41) is 4.49. The quantitative estimate of drug-likeness (QED) is 0.806. The van der Waals surface area contributed by atoms with Crippen LogP contribution in [0.2, 0.25) is 0 Å². The Morgan fingerprint density at radius 2 is 1.95 bits per heavy atom. The maximum Gasteiger partial charge on any atom is 0.140 e. The van der Waals surface area contributed by atoms with Gasteiger partial charge in [-0.15, -0.1) is 0 Å². The lowest BCUT2D eigenvalue weighted by Crippen LogP contribution is -2.12. The van der Waals surface area contributed by atoms with Crippen molar-refractivity contribution in [2.75, 3.05) is 0 Å². The number of hydrogen-bond acceptors (Lipinski definition) is 3. The second-order valence-corrected chi connectivity index (χ2v) is 4.99. The zero-order valence-electron chi connectivity index (χ0n) is 10.0. The first-order valence-corrected chi connectivity index (χ1v) is 6.64. The smallest absolute Gasteiger partial charge is 0.140 e. The molecule has 2 heterocycles. The van der Waals surface area contributed by atoms with Crippen molar-refractivity contribution in [3.8, 4) is 5.69 Å². The van der Waals surface area contributed by atoms with E-state index in [0.29, 0.717) is 5.76 Å². The lowest BCUT2D eigenvalue weighted by molar-refractivity contribution is 0.483. The van der Waals surface area contributed by atoms with Crippen LogP contribution >= 0.6 is 15.9 Å². The number of nitrogens with zero attached hydrogens (tertiary/aromatic N) is 2. The highest BCUT2D eigenvalue weighted by molar-refractivity contribution is 9.10. The SMILES string of the molecule is NC(c1ccn(-c2ccccc2)n1)c1occc1Br. The number of benzene rings is 1. The Hall–Kier alpha value is -1.85. The summed E-state index contributed by atoms with van der Waals surface area (Å²) in [7, 11) is 0. The van der Waals surface area contributed by atoms with Crippen LogP contribution in [0.25, 0.3) is 5.69 Å². The number of nitrogens with two attached hydrogens (primary N) is 1. The van der Waals surface area contributed by atoms with Gasteiger partial charge in [0.1, 0.15) is 11.8 Å². The number of para-hydroxylation sites is 1. The van der Waals surface area contributed by atoms with Gasteiger partial charge in [0.05, 0.1) is 22.1 Å². The summed E-state index contributed by atoms with van der Waals surface area (Å²) in [6, 6.07) is 13.2. The molecule has 0 bridgehead atoms. The largest absolute Gasteiger partial charge is 0.466 e. The minimum atomic E-state index is -0.380. The average molecular weight is 318 g/mol. The van der Waals surface area contributed by atoms with Gasteiger partial charge in [-0.25, -0.2) is 4.68 Å². The molecule has 2 N–H and O–H groups in total. The molecule has 0 saturated heterocycles. The topological polar surface area (TPSA) is 57.0 Å². The molecule has 0 amide bonds. The van der Waals surface area contributed by atoms with E-state index in [2.05, 4.69) is 21.0 Å². The summed E-state index contributed by atoms with van der Waals surface area (Å²) in [4.78, 5) is 0. The summed E-state index contributed by atoms with van der Waals surface area (Å²) in [5.41, 5.74) is 7.92. The van der Waals surface area contributed by atoms with E-state index in [1.165, 1.54) is 0 Å². The zero-order valence-corrected chi connectivity index (χ0v) is 11.6. The van der Waals surface area contributed by atoms with E-state index >= 15 is 0 Å². The first-order valence-electron chi connectivity index (χ1n) is 5.85. The van der Waals surface area contributed by atoms with E-state index in [-0.39, 0.29) is 6.04 Å². The highest BCUT2D eigenvalue weighted by Crippen LogP contribution is 2.27. The van der Waals surface area contributed by atoms with Crippen molar-refractivity contribution in [2.45, 2.75) is 6.04 Å². The standard InChI is InChI=1S/C14H12BrN3O/c15-11-7-9-19-14(11)13(16)12-6-8-18(17-12)10-4-2-1-3-5-10/h1-9,13H,16H2. The second-order valence-electron chi connectivity index (χ2n) is 4.13. The van der Waals surface area contributed by atoms with E-state index in [0.717, 1.165) is 15.9 Å². The van der Waals surface area contributed by atoms with Gasteiger partial charge < -0.3 is 10.2 Å². The molecule has 2 aromatic heterocycles. The fourth-order valence-electron chi connectivity index (χ4n) is 1.89. The summed E-state index contributed by atoms with van der Waals surface area (Å²) in [5.74, 6) is 0.679. The molecule has 0 aliphatic rings. The maximum absolute atomic E-state index is 6.15. The van der Waals surface area contributed by atoms with E-state index in [9.17, 15) is 0 Å². The van der Waals surface area contributed by atoms with Gasteiger partial charge in [-0.1, -0.05) is 18.2 Å². The van der Waals surface area contributed by atoms with Gasteiger partial charge in [0, 0.05) is 6.20 Å². The Kier molecular flexibility index (Phi) is 3.23. The van der Waals surface area contributed by atoms with Crippen molar-refractivity contribution in [3.63, 3.8) is 0 Å². The third-order valence-corrected chi connectivity index (χ3v) is 3.53. The van der Waals surface area contributed by atoms with Gasteiger partial charge in [-0.2, -0.15) is 5.10 Å². The Labute approximate surface area is 119 Å². The van der Waals surface area contributed by atoms with E-state index in [1.54, 1.807) is 10.9 Å². The van der Waals surface area contributed by atoms with Crippen molar-refractivity contribution in [2.24, 2.45) is 5.73 Å². The molecule has 0 fully saturated rings. The number of furan rings is 1. The minimum absolute atomic E-state index is 0.380. The van der Waals surface area contributed by atoms with Crippen molar-refractivity contribution >= 4 is 15.9 Å². The Bertz CT molecular complexity index is 675. The molecule has 0 spiro atoms. The van der Waals surface area contributed by atoms with Crippen LogP contribution in [0.1, 0.15) is 17.5 Å². The van der Waals surface area contributed by atoms with Gasteiger partial charge in [0.15, 0.2) is 0 Å². The Morgan fingerprint density at radius 3 is 2.63 bits per heavy atom. The van der Waals surface area contributed by atoms with Crippen LogP contribution in [-0.2, 0) is 0 Å². The van der Waals surface area contributed by atoms with Crippen molar-refractivity contribution < 1.29 is 4.42 Å². The molecule has 1 aromatic carbocycles. The van der Waals surface area contributed by atoms with Crippen molar-refractivity contribution in [3.05, 3.63) is 70.9 Å². The van der Waals surface area contributed by atoms with E-state index in [1.807, 2.05) is 48.7 Å². The van der Waals surface area contributed by atoms with Gasteiger partial charge in [0.25, 0.3) is 0 Å². The maximum atomic E-state index is 6.15. The fraction of sp³-hybridized carbons (Fsp3) is 0.0714. The zero-order chi connectivity index (χ0) is 13.2. The molecule has 96 valence electrons. The Balaban J connectivity index is 1.92. The number of hydrogen-bond donors (Lipinski definition) is 1.